The Morgan fingerprint density at radius 3 is 2.96 bits per heavy atom. The molecule has 0 bridgehead atoms. The van der Waals surface area contributed by atoms with E-state index in [1.807, 2.05) is 24.3 Å². The third-order valence-corrected chi connectivity index (χ3v) is 4.36. The van der Waals surface area contributed by atoms with E-state index < -0.39 is 0 Å². The van der Waals surface area contributed by atoms with Gasteiger partial charge in [-0.25, -0.2) is 4.98 Å². The molecule has 0 saturated carbocycles. The minimum absolute atomic E-state index is 0.0552. The van der Waals surface area contributed by atoms with Crippen LogP contribution >= 0.6 is 0 Å². The molecule has 1 atom stereocenters. The van der Waals surface area contributed by atoms with Gasteiger partial charge in [-0.05, 0) is 18.6 Å². The lowest BCUT2D eigenvalue weighted by Gasteiger charge is -2.25. The molecule has 7 nitrogen and oxygen atoms in total. The first kappa shape index (κ1) is 14.7. The lowest BCUT2D eigenvalue weighted by atomic mass is 10.1. The molecule has 7 heteroatoms. The minimum Gasteiger partial charge on any atom is -0.346 e. The third kappa shape index (κ3) is 2.62. The first-order valence-electron chi connectivity index (χ1n) is 8.18. The van der Waals surface area contributed by atoms with Gasteiger partial charge < -0.3 is 9.88 Å². The molecule has 0 radical (unpaired) electrons. The Bertz CT molecular complexity index is 889. The number of aromatic nitrogens is 5. The summed E-state index contributed by atoms with van der Waals surface area (Å²) >= 11 is 0. The number of amides is 1. The van der Waals surface area contributed by atoms with E-state index in [0.29, 0.717) is 12.2 Å². The number of nitrogens with one attached hydrogen (secondary N) is 1. The van der Waals surface area contributed by atoms with Gasteiger partial charge in [0, 0.05) is 25.4 Å². The van der Waals surface area contributed by atoms with Crippen molar-refractivity contribution >= 4 is 16.9 Å². The molecule has 1 aliphatic heterocycles. The number of hydrogen-bond donors (Lipinski definition) is 1. The highest BCUT2D eigenvalue weighted by atomic mass is 16.2. The summed E-state index contributed by atoms with van der Waals surface area (Å²) in [7, 11) is 0. The van der Waals surface area contributed by atoms with Gasteiger partial charge in [0.25, 0.3) is 5.91 Å². The smallest absolute Gasteiger partial charge is 0.271 e. The van der Waals surface area contributed by atoms with Crippen molar-refractivity contribution in [1.82, 2.24) is 30.0 Å². The predicted octanol–water partition coefficient (Wildman–Crippen LogP) is 1.53. The van der Waals surface area contributed by atoms with Crippen LogP contribution in [0.3, 0.4) is 0 Å². The molecule has 122 valence electrons. The second-order valence-electron chi connectivity index (χ2n) is 5.95. The van der Waals surface area contributed by atoms with Crippen LogP contribution in [0.2, 0.25) is 0 Å². The Morgan fingerprint density at radius 2 is 2.12 bits per heavy atom. The summed E-state index contributed by atoms with van der Waals surface area (Å²) in [6, 6.07) is 7.59. The van der Waals surface area contributed by atoms with Crippen molar-refractivity contribution in [2.24, 2.45) is 0 Å². The average Bonchev–Trinajstić information content (AvgIpc) is 3.03. The van der Waals surface area contributed by atoms with Gasteiger partial charge in [-0.3, -0.25) is 9.78 Å². The number of aryl methyl sites for hydroxylation is 2. The molecule has 0 fully saturated rings. The fraction of sp³-hybridized carbons (Fsp3) is 0.353. The summed E-state index contributed by atoms with van der Waals surface area (Å²) in [6.07, 6.45) is 4.04. The number of hydrogen-bond acceptors (Lipinski definition) is 5. The Morgan fingerprint density at radius 1 is 1.29 bits per heavy atom. The quantitative estimate of drug-likeness (QED) is 0.790. The monoisotopic (exact) mass is 322 g/mol. The van der Waals surface area contributed by atoms with E-state index in [9.17, 15) is 4.79 Å². The molecule has 3 aromatic rings. The molecule has 24 heavy (non-hydrogen) atoms. The van der Waals surface area contributed by atoms with E-state index in [-0.39, 0.29) is 11.9 Å². The van der Waals surface area contributed by atoms with E-state index in [2.05, 4.69) is 37.0 Å². The molecule has 4 rings (SSSR count). The van der Waals surface area contributed by atoms with Crippen LogP contribution in [0.25, 0.3) is 11.0 Å². The number of carbonyl (C=O) groups excluding carboxylic acids is 1. The predicted molar refractivity (Wildman–Crippen MR) is 88.5 cm³/mol. The highest BCUT2D eigenvalue weighted by Gasteiger charge is 2.24. The van der Waals surface area contributed by atoms with Gasteiger partial charge in [0.2, 0.25) is 0 Å². The SMILES string of the molecule is CCc1nnc2n1C[C@H](NC(=O)c1cnc3ccccc3n1)CC2. The minimum atomic E-state index is -0.187. The maximum atomic E-state index is 12.5. The molecular formula is C17H18N6O. The summed E-state index contributed by atoms with van der Waals surface area (Å²) < 4.78 is 2.11. The second-order valence-corrected chi connectivity index (χ2v) is 5.95. The van der Waals surface area contributed by atoms with Crippen LogP contribution in [0.5, 0.6) is 0 Å². The summed E-state index contributed by atoms with van der Waals surface area (Å²) in [5, 5.41) is 11.5. The molecule has 1 N–H and O–H groups in total. The van der Waals surface area contributed by atoms with Crippen LogP contribution < -0.4 is 5.32 Å². The number of para-hydroxylation sites is 2. The molecule has 0 unspecified atom stereocenters. The number of nitrogens with zero attached hydrogens (tertiary/aromatic N) is 5. The van der Waals surface area contributed by atoms with Crippen molar-refractivity contribution in [3.63, 3.8) is 0 Å². The van der Waals surface area contributed by atoms with Crippen LogP contribution in [0.15, 0.2) is 30.5 Å². The molecule has 1 aliphatic rings. The first-order chi connectivity index (χ1) is 11.7. The summed E-state index contributed by atoms with van der Waals surface area (Å²) in [5.74, 6) is 1.78. The van der Waals surface area contributed by atoms with Gasteiger partial charge in [0.05, 0.1) is 17.2 Å². The van der Waals surface area contributed by atoms with Crippen LogP contribution in [0.1, 0.15) is 35.5 Å². The van der Waals surface area contributed by atoms with Gasteiger partial charge in [-0.15, -0.1) is 10.2 Å². The van der Waals surface area contributed by atoms with Gasteiger partial charge >= 0.3 is 0 Å². The largest absolute Gasteiger partial charge is 0.346 e. The molecular weight excluding hydrogens is 304 g/mol. The van der Waals surface area contributed by atoms with Crippen LogP contribution in [0.4, 0.5) is 0 Å². The summed E-state index contributed by atoms with van der Waals surface area (Å²) in [4.78, 5) is 21.2. The summed E-state index contributed by atoms with van der Waals surface area (Å²) in [6.45, 7) is 2.77. The van der Waals surface area contributed by atoms with E-state index in [0.717, 1.165) is 41.9 Å². The fourth-order valence-electron chi connectivity index (χ4n) is 3.09. The first-order valence-corrected chi connectivity index (χ1v) is 8.18. The van der Waals surface area contributed by atoms with Gasteiger partial charge in [-0.2, -0.15) is 0 Å². The fourth-order valence-corrected chi connectivity index (χ4v) is 3.09. The molecule has 2 aromatic heterocycles. The molecule has 1 amide bonds. The van der Waals surface area contributed by atoms with Gasteiger partial charge in [-0.1, -0.05) is 19.1 Å². The highest BCUT2D eigenvalue weighted by Crippen LogP contribution is 2.16. The van der Waals surface area contributed by atoms with Crippen molar-refractivity contribution in [2.75, 3.05) is 0 Å². The van der Waals surface area contributed by atoms with Gasteiger partial charge in [0.15, 0.2) is 0 Å². The van der Waals surface area contributed by atoms with Crippen molar-refractivity contribution < 1.29 is 4.79 Å². The molecule has 0 saturated heterocycles. The lowest BCUT2D eigenvalue weighted by molar-refractivity contribution is 0.0922. The molecule has 3 heterocycles. The normalized spacial score (nSPS) is 16.8. The number of rotatable bonds is 3. The van der Waals surface area contributed by atoms with Crippen LogP contribution in [-0.2, 0) is 19.4 Å². The standard InChI is InChI=1S/C17H18N6O/c1-2-15-21-22-16-8-7-11(10-23(15)16)19-17(24)14-9-18-12-5-3-4-6-13(12)20-14/h3-6,9,11H,2,7-8,10H2,1H3,(H,19,24)/t11-/m1/s1. The third-order valence-electron chi connectivity index (χ3n) is 4.36. The van der Waals surface area contributed by atoms with E-state index >= 15 is 0 Å². The van der Waals surface area contributed by atoms with E-state index in [1.165, 1.54) is 6.20 Å². The topological polar surface area (TPSA) is 85.6 Å². The Labute approximate surface area is 139 Å². The molecule has 0 aliphatic carbocycles. The molecule has 0 spiro atoms. The van der Waals surface area contributed by atoms with Crippen molar-refractivity contribution in [2.45, 2.75) is 38.8 Å². The maximum absolute atomic E-state index is 12.5. The highest BCUT2D eigenvalue weighted by molar-refractivity contribution is 5.93. The maximum Gasteiger partial charge on any atom is 0.271 e. The zero-order valence-electron chi connectivity index (χ0n) is 13.4. The average molecular weight is 322 g/mol. The Balaban J connectivity index is 1.51. The second kappa shape index (κ2) is 5.99. The van der Waals surface area contributed by atoms with Crippen molar-refractivity contribution in [3.8, 4) is 0 Å². The zero-order chi connectivity index (χ0) is 16.5. The zero-order valence-corrected chi connectivity index (χ0v) is 13.4. The van der Waals surface area contributed by atoms with Crippen molar-refractivity contribution in [1.29, 1.82) is 0 Å². The summed E-state index contributed by atoms with van der Waals surface area (Å²) in [5.41, 5.74) is 1.86. The number of benzene rings is 1. The van der Waals surface area contributed by atoms with Crippen LogP contribution in [0, 0.1) is 0 Å². The Kier molecular flexibility index (Phi) is 3.68. The number of fused-ring (bicyclic) bond motifs is 2. The molecule has 1 aromatic carbocycles. The Hall–Kier alpha value is -2.83. The van der Waals surface area contributed by atoms with Crippen LogP contribution in [-0.4, -0.2) is 36.7 Å². The van der Waals surface area contributed by atoms with E-state index in [1.54, 1.807) is 0 Å². The van der Waals surface area contributed by atoms with E-state index in [4.69, 9.17) is 0 Å². The number of carbonyl (C=O) groups is 1. The van der Waals surface area contributed by atoms with Gasteiger partial charge in [0.1, 0.15) is 17.3 Å². The lowest BCUT2D eigenvalue weighted by Crippen LogP contribution is -2.41. The van der Waals surface area contributed by atoms with Crippen molar-refractivity contribution in [3.05, 3.63) is 47.8 Å².